The molecule has 0 aliphatic heterocycles. The zero-order valence-electron chi connectivity index (χ0n) is 12.2. The van der Waals surface area contributed by atoms with E-state index in [4.69, 9.17) is 11.6 Å². The first kappa shape index (κ1) is 15.1. The van der Waals surface area contributed by atoms with Crippen molar-refractivity contribution in [3.05, 3.63) is 53.6 Å². The lowest BCUT2D eigenvalue weighted by Crippen LogP contribution is -2.04. The molecule has 7 heteroatoms. The Bertz CT molecular complexity index is 900. The van der Waals surface area contributed by atoms with E-state index in [9.17, 15) is 9.90 Å². The highest BCUT2D eigenvalue weighted by molar-refractivity contribution is 6.30. The summed E-state index contributed by atoms with van der Waals surface area (Å²) >= 11 is 5.78. The van der Waals surface area contributed by atoms with E-state index in [-0.39, 0.29) is 11.6 Å². The van der Waals surface area contributed by atoms with E-state index in [1.165, 1.54) is 0 Å². The van der Waals surface area contributed by atoms with Crippen LogP contribution in [0.15, 0.2) is 58.8 Å². The highest BCUT2D eigenvalue weighted by Crippen LogP contribution is 2.37. The van der Waals surface area contributed by atoms with Crippen LogP contribution in [0, 0.1) is 0 Å². The first-order valence-corrected chi connectivity index (χ1v) is 7.19. The van der Waals surface area contributed by atoms with Crippen molar-refractivity contribution in [2.45, 2.75) is 0 Å². The second-order valence-electron chi connectivity index (χ2n) is 4.89. The number of carbonyl (C=O) groups is 1. The molecule has 0 spiro atoms. The quantitative estimate of drug-likeness (QED) is 0.659. The van der Waals surface area contributed by atoms with Crippen molar-refractivity contribution in [1.82, 2.24) is 4.57 Å². The number of nitrogens with one attached hydrogen (secondary N) is 1. The fraction of sp³-hybridized carbons (Fsp3) is 0.0625. The average Bonchev–Trinajstić information content (AvgIpc) is 2.80. The highest BCUT2D eigenvalue weighted by Gasteiger charge is 2.13. The van der Waals surface area contributed by atoms with Crippen molar-refractivity contribution >= 4 is 39.9 Å². The fourth-order valence-corrected chi connectivity index (χ4v) is 2.36. The summed E-state index contributed by atoms with van der Waals surface area (Å²) in [5.41, 5.74) is 1.62. The standard InChI is InChI=1S/C16H13ClN4O2/c1-21-13-5-3-2-4-12(13)14(15(21)22)19-20-16(23)18-11-8-6-10(17)7-9-11/h2-9,22H,1H3,(H,18,23). The molecule has 0 atom stereocenters. The number of hydrogen-bond acceptors (Lipinski definition) is 3. The number of hydrogen-bond donors (Lipinski definition) is 2. The number of benzene rings is 2. The lowest BCUT2D eigenvalue weighted by atomic mass is 10.2. The maximum Gasteiger partial charge on any atom is 0.364 e. The van der Waals surface area contributed by atoms with Crippen LogP contribution in [-0.4, -0.2) is 15.7 Å². The van der Waals surface area contributed by atoms with Gasteiger partial charge in [0.2, 0.25) is 5.88 Å². The van der Waals surface area contributed by atoms with E-state index >= 15 is 0 Å². The molecule has 0 radical (unpaired) electrons. The molecule has 0 aliphatic carbocycles. The van der Waals surface area contributed by atoms with E-state index in [0.29, 0.717) is 10.7 Å². The van der Waals surface area contributed by atoms with Crippen LogP contribution in [0.4, 0.5) is 16.2 Å². The number of halogens is 1. The number of aryl methyl sites for hydroxylation is 1. The Kier molecular flexibility index (Phi) is 3.99. The number of nitrogens with zero attached hydrogens (tertiary/aromatic N) is 3. The Balaban J connectivity index is 1.84. The molecule has 6 nitrogen and oxygen atoms in total. The van der Waals surface area contributed by atoms with E-state index in [1.807, 2.05) is 18.2 Å². The first-order chi connectivity index (χ1) is 11.1. The van der Waals surface area contributed by atoms with E-state index in [2.05, 4.69) is 15.5 Å². The maximum absolute atomic E-state index is 11.8. The molecule has 0 saturated carbocycles. The number of para-hydroxylation sites is 1. The van der Waals surface area contributed by atoms with Gasteiger partial charge in [0.15, 0.2) is 5.69 Å². The van der Waals surface area contributed by atoms with Crippen molar-refractivity contribution in [3.8, 4) is 5.88 Å². The number of fused-ring (bicyclic) bond motifs is 1. The molecule has 2 N–H and O–H groups in total. The number of urea groups is 1. The number of anilines is 1. The number of amides is 2. The average molecular weight is 329 g/mol. The van der Waals surface area contributed by atoms with Crippen LogP contribution in [0.5, 0.6) is 5.88 Å². The molecule has 0 saturated heterocycles. The van der Waals surface area contributed by atoms with Crippen LogP contribution in [0.3, 0.4) is 0 Å². The van der Waals surface area contributed by atoms with Crippen molar-refractivity contribution in [3.63, 3.8) is 0 Å². The Morgan fingerprint density at radius 3 is 2.61 bits per heavy atom. The molecular weight excluding hydrogens is 316 g/mol. The first-order valence-electron chi connectivity index (χ1n) is 6.81. The summed E-state index contributed by atoms with van der Waals surface area (Å²) in [5, 5.41) is 21.5. The van der Waals surface area contributed by atoms with Gasteiger partial charge >= 0.3 is 6.03 Å². The number of azo groups is 1. The third-order valence-electron chi connectivity index (χ3n) is 3.39. The molecule has 1 aromatic heterocycles. The molecule has 2 aromatic carbocycles. The molecule has 1 heterocycles. The molecular formula is C16H13ClN4O2. The molecule has 116 valence electrons. The monoisotopic (exact) mass is 328 g/mol. The van der Waals surface area contributed by atoms with Crippen LogP contribution >= 0.6 is 11.6 Å². The summed E-state index contributed by atoms with van der Waals surface area (Å²) in [5.74, 6) is -0.0470. The number of aromatic hydroxyl groups is 1. The number of rotatable bonds is 2. The van der Waals surface area contributed by atoms with Gasteiger partial charge in [0.05, 0.1) is 5.52 Å². The molecule has 0 unspecified atom stereocenters. The molecule has 0 fully saturated rings. The zero-order valence-corrected chi connectivity index (χ0v) is 12.9. The van der Waals surface area contributed by atoms with Gasteiger partial charge < -0.3 is 15.0 Å². The van der Waals surface area contributed by atoms with Gasteiger partial charge in [0, 0.05) is 23.1 Å². The van der Waals surface area contributed by atoms with Crippen molar-refractivity contribution in [1.29, 1.82) is 0 Å². The minimum Gasteiger partial charge on any atom is -0.493 e. The van der Waals surface area contributed by atoms with Crippen molar-refractivity contribution in [2.24, 2.45) is 17.3 Å². The predicted molar refractivity (Wildman–Crippen MR) is 89.6 cm³/mol. The summed E-state index contributed by atoms with van der Waals surface area (Å²) in [6, 6.07) is 13.3. The van der Waals surface area contributed by atoms with E-state index in [0.717, 1.165) is 10.9 Å². The molecule has 2 amide bonds. The van der Waals surface area contributed by atoms with Crippen LogP contribution in [0.1, 0.15) is 0 Å². The third-order valence-corrected chi connectivity index (χ3v) is 3.64. The summed E-state index contributed by atoms with van der Waals surface area (Å²) in [6.07, 6.45) is 0. The maximum atomic E-state index is 11.8. The molecule has 23 heavy (non-hydrogen) atoms. The molecule has 0 aliphatic rings. The van der Waals surface area contributed by atoms with Crippen molar-refractivity contribution in [2.75, 3.05) is 5.32 Å². The zero-order chi connectivity index (χ0) is 16.4. The molecule has 3 rings (SSSR count). The SMILES string of the molecule is Cn1c(O)c(N=NC(=O)Nc2ccc(Cl)cc2)c2ccccc21. The summed E-state index contributed by atoms with van der Waals surface area (Å²) in [4.78, 5) is 11.8. The van der Waals surface area contributed by atoms with Gasteiger partial charge in [-0.15, -0.1) is 5.11 Å². The molecule has 0 bridgehead atoms. The van der Waals surface area contributed by atoms with E-state index < -0.39 is 6.03 Å². The van der Waals surface area contributed by atoms with Crippen LogP contribution in [-0.2, 0) is 7.05 Å². The van der Waals surface area contributed by atoms with Crippen LogP contribution in [0.25, 0.3) is 10.9 Å². The fourth-order valence-electron chi connectivity index (χ4n) is 2.24. The van der Waals surface area contributed by atoms with Crippen molar-refractivity contribution < 1.29 is 9.90 Å². The van der Waals surface area contributed by atoms with Gasteiger partial charge in [0.25, 0.3) is 0 Å². The Labute approximate surface area is 137 Å². The summed E-state index contributed by atoms with van der Waals surface area (Å²) < 4.78 is 1.58. The number of carbonyl (C=O) groups excluding carboxylic acids is 1. The lowest BCUT2D eigenvalue weighted by molar-refractivity contribution is 0.258. The van der Waals surface area contributed by atoms with Gasteiger partial charge in [0.1, 0.15) is 0 Å². The highest BCUT2D eigenvalue weighted by atomic mass is 35.5. The minimum absolute atomic E-state index is 0.0470. The summed E-state index contributed by atoms with van der Waals surface area (Å²) in [7, 11) is 1.71. The van der Waals surface area contributed by atoms with Gasteiger partial charge in [-0.25, -0.2) is 4.79 Å². The second kappa shape index (κ2) is 6.10. The Morgan fingerprint density at radius 1 is 1.17 bits per heavy atom. The van der Waals surface area contributed by atoms with Gasteiger partial charge in [-0.2, -0.15) is 0 Å². The van der Waals surface area contributed by atoms with Gasteiger partial charge in [-0.05, 0) is 30.3 Å². The topological polar surface area (TPSA) is 79.0 Å². The second-order valence-corrected chi connectivity index (χ2v) is 5.32. The van der Waals surface area contributed by atoms with E-state index in [1.54, 1.807) is 41.9 Å². The Morgan fingerprint density at radius 2 is 1.87 bits per heavy atom. The smallest absolute Gasteiger partial charge is 0.364 e. The Hall–Kier alpha value is -2.86. The van der Waals surface area contributed by atoms with Gasteiger partial charge in [-0.1, -0.05) is 34.9 Å². The minimum atomic E-state index is -0.639. The number of aromatic nitrogens is 1. The van der Waals surface area contributed by atoms with Crippen LogP contribution < -0.4 is 5.32 Å². The normalized spacial score (nSPS) is 11.2. The van der Waals surface area contributed by atoms with Gasteiger partial charge in [-0.3, -0.25) is 0 Å². The predicted octanol–water partition coefficient (Wildman–Crippen LogP) is 4.85. The lowest BCUT2D eigenvalue weighted by Gasteiger charge is -2.00. The summed E-state index contributed by atoms with van der Waals surface area (Å²) in [6.45, 7) is 0. The van der Waals surface area contributed by atoms with Crippen LogP contribution in [0.2, 0.25) is 5.02 Å². The molecule has 3 aromatic rings. The third kappa shape index (κ3) is 3.02. The largest absolute Gasteiger partial charge is 0.493 e.